The average Bonchev–Trinajstić information content (AvgIpc) is 2.71. The first-order valence-corrected chi connectivity index (χ1v) is 12.3. The number of hydrogen-bond acceptors (Lipinski definition) is 2. The maximum atomic E-state index is 4.71. The smallest absolute Gasteiger partial charge is 0.0822 e. The Morgan fingerprint density at radius 2 is 0.964 bits per heavy atom. The average molecular weight is 397 g/mol. The standard InChI is InChI=1S/C18H34.C8H18O2/c1-3-5-7-9-11-13-15-17-18-16-14-12-10-8-6-4-2;1-3-4-5-6-7-8-10-9-2/h5,7,10,12H,3-4,6,8-9,11,13-18H2,1-2H3;3-8H2,1-2H3/b7-5+,12-10-;. The molecule has 0 aliphatic carbocycles. The molecule has 0 aromatic rings. The molecule has 0 N–H and O–H groups in total. The highest BCUT2D eigenvalue weighted by molar-refractivity contribution is 4.81. The van der Waals surface area contributed by atoms with Crippen molar-refractivity contribution in [3.8, 4) is 0 Å². The largest absolute Gasteiger partial charge is 0.240 e. The molecule has 0 saturated heterocycles. The Morgan fingerprint density at radius 1 is 0.500 bits per heavy atom. The summed E-state index contributed by atoms with van der Waals surface area (Å²) < 4.78 is 0. The minimum atomic E-state index is 0.736. The van der Waals surface area contributed by atoms with E-state index in [0.29, 0.717) is 0 Å². The van der Waals surface area contributed by atoms with Gasteiger partial charge in [-0.15, -0.1) is 0 Å². The molecule has 0 unspecified atom stereocenters. The van der Waals surface area contributed by atoms with Gasteiger partial charge in [0.15, 0.2) is 0 Å². The van der Waals surface area contributed by atoms with Crippen LogP contribution >= 0.6 is 0 Å². The summed E-state index contributed by atoms with van der Waals surface area (Å²) >= 11 is 0. The molecule has 0 bridgehead atoms. The number of rotatable bonds is 20. The highest BCUT2D eigenvalue weighted by Crippen LogP contribution is 2.09. The molecule has 0 heterocycles. The van der Waals surface area contributed by atoms with Crippen LogP contribution in [0.4, 0.5) is 0 Å². The van der Waals surface area contributed by atoms with Crippen molar-refractivity contribution >= 4 is 0 Å². The van der Waals surface area contributed by atoms with Crippen LogP contribution in [0.1, 0.15) is 130 Å². The molecule has 0 rings (SSSR count). The summed E-state index contributed by atoms with van der Waals surface area (Å²) in [4.78, 5) is 9.16. The summed E-state index contributed by atoms with van der Waals surface area (Å²) in [7, 11) is 1.55. The fourth-order valence-electron chi connectivity index (χ4n) is 2.92. The zero-order valence-electron chi connectivity index (χ0n) is 19.9. The van der Waals surface area contributed by atoms with E-state index in [4.69, 9.17) is 4.89 Å². The third-order valence-electron chi connectivity index (χ3n) is 4.73. The number of unbranched alkanes of at least 4 members (excludes halogenated alkanes) is 13. The molecule has 2 nitrogen and oxygen atoms in total. The summed E-state index contributed by atoms with van der Waals surface area (Å²) in [6, 6.07) is 0. The van der Waals surface area contributed by atoms with Gasteiger partial charge in [-0.3, -0.25) is 0 Å². The molecule has 0 radical (unpaired) electrons. The van der Waals surface area contributed by atoms with Crippen LogP contribution in [0.5, 0.6) is 0 Å². The predicted octanol–water partition coefficient (Wildman–Crippen LogP) is 9.35. The minimum absolute atomic E-state index is 0.736. The van der Waals surface area contributed by atoms with E-state index < -0.39 is 0 Å². The first-order valence-electron chi connectivity index (χ1n) is 12.3. The Balaban J connectivity index is 0. The van der Waals surface area contributed by atoms with Gasteiger partial charge in [-0.05, 0) is 44.9 Å². The molecule has 0 fully saturated rings. The zero-order valence-corrected chi connectivity index (χ0v) is 19.9. The second kappa shape index (κ2) is 31.1. The van der Waals surface area contributed by atoms with E-state index >= 15 is 0 Å². The fourth-order valence-corrected chi connectivity index (χ4v) is 2.92. The number of allylic oxidation sites excluding steroid dienone is 4. The summed E-state index contributed by atoms with van der Waals surface area (Å²) in [6.45, 7) is 7.41. The molecule has 0 aromatic carbocycles. The molecule has 0 aliphatic heterocycles. The van der Waals surface area contributed by atoms with E-state index in [1.54, 1.807) is 7.11 Å². The lowest BCUT2D eigenvalue weighted by molar-refractivity contribution is -0.272. The van der Waals surface area contributed by atoms with Gasteiger partial charge in [0.05, 0.1) is 13.7 Å². The lowest BCUT2D eigenvalue weighted by Gasteiger charge is -1.99. The van der Waals surface area contributed by atoms with Crippen LogP contribution in [0.25, 0.3) is 0 Å². The Bertz CT molecular complexity index is 289. The van der Waals surface area contributed by atoms with Crippen LogP contribution in [-0.4, -0.2) is 13.7 Å². The monoisotopic (exact) mass is 396 g/mol. The van der Waals surface area contributed by atoms with E-state index in [1.165, 1.54) is 103 Å². The second-order valence-corrected chi connectivity index (χ2v) is 7.59. The SMILES string of the molecule is CC/C=C/CCCCCCCC/C=C\CCCC.CCCCCCCOOC. The first-order chi connectivity index (χ1) is 13.8. The molecule has 0 saturated carbocycles. The van der Waals surface area contributed by atoms with Crippen LogP contribution in [-0.2, 0) is 9.78 Å². The van der Waals surface area contributed by atoms with Crippen LogP contribution in [0.3, 0.4) is 0 Å². The van der Waals surface area contributed by atoms with Crippen molar-refractivity contribution in [1.82, 2.24) is 0 Å². The van der Waals surface area contributed by atoms with Crippen molar-refractivity contribution in [2.45, 2.75) is 130 Å². The maximum Gasteiger partial charge on any atom is 0.0822 e. The lowest BCUT2D eigenvalue weighted by Crippen LogP contribution is -1.92. The number of hydrogen-bond donors (Lipinski definition) is 0. The highest BCUT2D eigenvalue weighted by Gasteiger charge is 1.90. The summed E-state index contributed by atoms with van der Waals surface area (Å²) in [6.07, 6.45) is 31.9. The predicted molar refractivity (Wildman–Crippen MR) is 127 cm³/mol. The van der Waals surface area contributed by atoms with Crippen molar-refractivity contribution in [3.63, 3.8) is 0 Å². The minimum Gasteiger partial charge on any atom is -0.240 e. The molecule has 168 valence electrons. The topological polar surface area (TPSA) is 18.5 Å². The summed E-state index contributed by atoms with van der Waals surface area (Å²) in [5.74, 6) is 0. The summed E-state index contributed by atoms with van der Waals surface area (Å²) in [5.41, 5.74) is 0. The molecule has 0 amide bonds. The van der Waals surface area contributed by atoms with Gasteiger partial charge in [0.1, 0.15) is 0 Å². The van der Waals surface area contributed by atoms with E-state index in [1.807, 2.05) is 0 Å². The van der Waals surface area contributed by atoms with Crippen molar-refractivity contribution in [2.24, 2.45) is 0 Å². The van der Waals surface area contributed by atoms with Gasteiger partial charge in [0.25, 0.3) is 0 Å². The Morgan fingerprint density at radius 3 is 1.50 bits per heavy atom. The summed E-state index contributed by atoms with van der Waals surface area (Å²) in [5, 5.41) is 0. The normalized spacial score (nSPS) is 11.3. The van der Waals surface area contributed by atoms with Gasteiger partial charge in [-0.2, -0.15) is 0 Å². The molecular weight excluding hydrogens is 344 g/mol. The lowest BCUT2D eigenvalue weighted by atomic mass is 10.1. The third-order valence-corrected chi connectivity index (χ3v) is 4.73. The Hall–Kier alpha value is -0.600. The van der Waals surface area contributed by atoms with E-state index in [0.717, 1.165) is 13.0 Å². The van der Waals surface area contributed by atoms with Gasteiger partial charge < -0.3 is 0 Å². The molecule has 0 aliphatic rings. The van der Waals surface area contributed by atoms with Crippen LogP contribution < -0.4 is 0 Å². The zero-order chi connectivity index (χ0) is 21.0. The molecule has 0 aromatic heterocycles. The van der Waals surface area contributed by atoms with Crippen LogP contribution in [0.15, 0.2) is 24.3 Å². The van der Waals surface area contributed by atoms with E-state index in [2.05, 4.69) is 50.0 Å². The third kappa shape index (κ3) is 33.0. The van der Waals surface area contributed by atoms with Gasteiger partial charge >= 0.3 is 0 Å². The van der Waals surface area contributed by atoms with E-state index in [9.17, 15) is 0 Å². The van der Waals surface area contributed by atoms with Gasteiger partial charge in [0.2, 0.25) is 0 Å². The quantitative estimate of drug-likeness (QED) is 0.0883. The molecule has 0 atom stereocenters. The van der Waals surface area contributed by atoms with Gasteiger partial charge in [0, 0.05) is 0 Å². The first kappa shape index (κ1) is 29.6. The van der Waals surface area contributed by atoms with Gasteiger partial charge in [-0.25, -0.2) is 9.78 Å². The van der Waals surface area contributed by atoms with E-state index in [-0.39, 0.29) is 0 Å². The molecule has 0 spiro atoms. The molecule has 28 heavy (non-hydrogen) atoms. The second-order valence-electron chi connectivity index (χ2n) is 7.59. The van der Waals surface area contributed by atoms with Gasteiger partial charge in [-0.1, -0.05) is 109 Å². The van der Waals surface area contributed by atoms with Crippen molar-refractivity contribution in [1.29, 1.82) is 0 Å². The van der Waals surface area contributed by atoms with Crippen LogP contribution in [0.2, 0.25) is 0 Å². The molecule has 2 heteroatoms. The Labute approximate surface area is 178 Å². The molecular formula is C26H52O2. The highest BCUT2D eigenvalue weighted by atomic mass is 17.2. The fraction of sp³-hybridized carbons (Fsp3) is 0.846. The Kier molecular flexibility index (Phi) is 32.9. The van der Waals surface area contributed by atoms with Crippen molar-refractivity contribution < 1.29 is 9.78 Å². The van der Waals surface area contributed by atoms with Crippen molar-refractivity contribution in [3.05, 3.63) is 24.3 Å². The van der Waals surface area contributed by atoms with Crippen molar-refractivity contribution in [2.75, 3.05) is 13.7 Å². The maximum absolute atomic E-state index is 4.71. The van der Waals surface area contributed by atoms with Crippen LogP contribution in [0, 0.1) is 0 Å².